The second kappa shape index (κ2) is 9.01. The van der Waals surface area contributed by atoms with Gasteiger partial charge in [-0.15, -0.1) is 0 Å². The highest BCUT2D eigenvalue weighted by molar-refractivity contribution is 5.93. The fraction of sp³-hybridized carbons (Fsp3) is 0.391. The molecule has 1 amide bonds. The summed E-state index contributed by atoms with van der Waals surface area (Å²) in [6.07, 6.45) is 0. The van der Waals surface area contributed by atoms with E-state index < -0.39 is 0 Å². The van der Waals surface area contributed by atoms with E-state index >= 15 is 0 Å². The number of amides is 1. The van der Waals surface area contributed by atoms with Crippen LogP contribution in [0.25, 0.3) is 0 Å². The van der Waals surface area contributed by atoms with Crippen LogP contribution in [0, 0.1) is 32.1 Å². The maximum Gasteiger partial charge on any atom is 0.238 e. The van der Waals surface area contributed by atoms with Crippen molar-refractivity contribution in [3.05, 3.63) is 64.2 Å². The van der Waals surface area contributed by atoms with Crippen LogP contribution in [0.15, 0.2) is 36.4 Å². The van der Waals surface area contributed by atoms with Crippen LogP contribution in [0.5, 0.6) is 0 Å². The standard InChI is InChI=1S/C23H28N4O/c1-17-12-18(2)23(19(3)13-17)25-22(28)16-27-10-8-26(9-11-27)15-21-6-4-20(14-24)5-7-21/h4-7,12-13H,8-11,15-16H2,1-3H3,(H,25,28). The zero-order chi connectivity index (χ0) is 20.1. The lowest BCUT2D eigenvalue weighted by Crippen LogP contribution is -2.48. The summed E-state index contributed by atoms with van der Waals surface area (Å²) < 4.78 is 0. The Morgan fingerprint density at radius 2 is 1.57 bits per heavy atom. The highest BCUT2D eigenvalue weighted by Gasteiger charge is 2.19. The van der Waals surface area contributed by atoms with Crippen LogP contribution < -0.4 is 5.32 Å². The van der Waals surface area contributed by atoms with Gasteiger partial charge >= 0.3 is 0 Å². The molecule has 0 atom stereocenters. The first-order chi connectivity index (χ1) is 13.4. The van der Waals surface area contributed by atoms with Crippen molar-refractivity contribution in [1.29, 1.82) is 5.26 Å². The molecule has 1 aliphatic heterocycles. The molecule has 0 aromatic heterocycles. The number of carbonyl (C=O) groups excluding carboxylic acids is 1. The minimum Gasteiger partial charge on any atom is -0.324 e. The molecule has 0 spiro atoms. The number of aryl methyl sites for hydroxylation is 3. The molecule has 1 heterocycles. The lowest BCUT2D eigenvalue weighted by molar-refractivity contribution is -0.117. The van der Waals surface area contributed by atoms with Crippen LogP contribution in [0.3, 0.4) is 0 Å². The Hall–Kier alpha value is -2.68. The van der Waals surface area contributed by atoms with Crippen molar-refractivity contribution in [2.75, 3.05) is 38.0 Å². The van der Waals surface area contributed by atoms with Gasteiger partial charge in [0.15, 0.2) is 0 Å². The summed E-state index contributed by atoms with van der Waals surface area (Å²) >= 11 is 0. The largest absolute Gasteiger partial charge is 0.324 e. The van der Waals surface area contributed by atoms with Crippen LogP contribution in [0.1, 0.15) is 27.8 Å². The Bertz CT molecular complexity index is 851. The second-order valence-corrected chi connectivity index (χ2v) is 7.68. The van der Waals surface area contributed by atoms with Crippen molar-refractivity contribution in [1.82, 2.24) is 9.80 Å². The summed E-state index contributed by atoms with van der Waals surface area (Å²) in [5.74, 6) is 0.0515. The van der Waals surface area contributed by atoms with Gasteiger partial charge in [0.25, 0.3) is 0 Å². The fourth-order valence-corrected chi connectivity index (χ4v) is 3.81. The van der Waals surface area contributed by atoms with Gasteiger partial charge in [0.05, 0.1) is 18.2 Å². The summed E-state index contributed by atoms with van der Waals surface area (Å²) in [5.41, 5.74) is 6.28. The smallest absolute Gasteiger partial charge is 0.238 e. The van der Waals surface area contributed by atoms with Crippen molar-refractivity contribution >= 4 is 11.6 Å². The zero-order valence-corrected chi connectivity index (χ0v) is 17.0. The summed E-state index contributed by atoms with van der Waals surface area (Å²) in [4.78, 5) is 17.1. The van der Waals surface area contributed by atoms with Gasteiger partial charge in [-0.25, -0.2) is 0 Å². The van der Waals surface area contributed by atoms with E-state index in [1.54, 1.807) is 0 Å². The molecule has 146 valence electrons. The van der Waals surface area contributed by atoms with Crippen LogP contribution in [0.4, 0.5) is 5.69 Å². The van der Waals surface area contributed by atoms with Crippen molar-refractivity contribution in [3.8, 4) is 6.07 Å². The molecule has 0 aliphatic carbocycles. The molecular formula is C23H28N4O. The Labute approximate surface area is 167 Å². The van der Waals surface area contributed by atoms with Gasteiger partial charge in [-0.05, 0) is 49.6 Å². The van der Waals surface area contributed by atoms with Crippen molar-refractivity contribution in [2.45, 2.75) is 27.3 Å². The van der Waals surface area contributed by atoms with Gasteiger partial charge in [-0.1, -0.05) is 29.8 Å². The highest BCUT2D eigenvalue weighted by atomic mass is 16.2. The van der Waals surface area contributed by atoms with Crippen molar-refractivity contribution in [2.24, 2.45) is 0 Å². The Kier molecular flexibility index (Phi) is 6.45. The van der Waals surface area contributed by atoms with Gasteiger partial charge < -0.3 is 5.32 Å². The molecule has 0 saturated carbocycles. The molecule has 1 fully saturated rings. The third-order valence-electron chi connectivity index (χ3n) is 5.26. The van der Waals surface area contributed by atoms with E-state index in [9.17, 15) is 4.79 Å². The molecule has 0 radical (unpaired) electrons. The molecule has 0 unspecified atom stereocenters. The fourth-order valence-electron chi connectivity index (χ4n) is 3.81. The van der Waals surface area contributed by atoms with Gasteiger partial charge in [0, 0.05) is 38.4 Å². The molecule has 28 heavy (non-hydrogen) atoms. The van der Waals surface area contributed by atoms with E-state index in [1.165, 1.54) is 11.1 Å². The molecular weight excluding hydrogens is 348 g/mol. The van der Waals surface area contributed by atoms with Crippen molar-refractivity contribution < 1.29 is 4.79 Å². The number of piperazine rings is 1. The molecule has 1 aliphatic rings. The minimum atomic E-state index is 0.0515. The van der Waals surface area contributed by atoms with Crippen molar-refractivity contribution in [3.63, 3.8) is 0 Å². The van der Waals surface area contributed by atoms with Gasteiger partial charge in [0.1, 0.15) is 0 Å². The first-order valence-electron chi connectivity index (χ1n) is 9.76. The SMILES string of the molecule is Cc1cc(C)c(NC(=O)CN2CCN(Cc3ccc(C#N)cc3)CC2)c(C)c1. The summed E-state index contributed by atoms with van der Waals surface area (Å²) in [5, 5.41) is 12.0. The predicted molar refractivity (Wildman–Crippen MR) is 112 cm³/mol. The average molecular weight is 377 g/mol. The zero-order valence-electron chi connectivity index (χ0n) is 17.0. The van der Waals surface area contributed by atoms with E-state index in [-0.39, 0.29) is 5.91 Å². The summed E-state index contributed by atoms with van der Waals surface area (Å²) in [6.45, 7) is 11.1. The van der Waals surface area contributed by atoms with E-state index in [2.05, 4.69) is 40.2 Å². The number of hydrogen-bond acceptors (Lipinski definition) is 4. The highest BCUT2D eigenvalue weighted by Crippen LogP contribution is 2.22. The van der Waals surface area contributed by atoms with Crippen LogP contribution in [-0.4, -0.2) is 48.4 Å². The molecule has 2 aromatic rings. The first kappa shape index (κ1) is 20.1. The lowest BCUT2D eigenvalue weighted by Gasteiger charge is -2.34. The molecule has 5 nitrogen and oxygen atoms in total. The number of carbonyl (C=O) groups is 1. The number of nitriles is 1. The first-order valence-corrected chi connectivity index (χ1v) is 9.76. The molecule has 1 saturated heterocycles. The summed E-state index contributed by atoms with van der Waals surface area (Å²) in [6, 6.07) is 14.1. The van der Waals surface area contributed by atoms with Crippen LogP contribution >= 0.6 is 0 Å². The third kappa shape index (κ3) is 5.19. The average Bonchev–Trinajstić information content (AvgIpc) is 2.67. The van der Waals surface area contributed by atoms with E-state index in [4.69, 9.17) is 5.26 Å². The molecule has 0 bridgehead atoms. The minimum absolute atomic E-state index is 0.0515. The maximum atomic E-state index is 12.5. The molecule has 1 N–H and O–H groups in total. The number of nitrogens with zero attached hydrogens (tertiary/aromatic N) is 3. The van der Waals surface area contributed by atoms with Gasteiger partial charge in [-0.2, -0.15) is 5.26 Å². The lowest BCUT2D eigenvalue weighted by atomic mass is 10.1. The van der Waals surface area contributed by atoms with E-state index in [1.807, 2.05) is 38.1 Å². The van der Waals surface area contributed by atoms with Gasteiger partial charge in [-0.3, -0.25) is 14.6 Å². The number of benzene rings is 2. The number of anilines is 1. The molecule has 5 heteroatoms. The Balaban J connectivity index is 1.47. The predicted octanol–water partition coefficient (Wildman–Crippen LogP) is 3.24. The van der Waals surface area contributed by atoms with Crippen LogP contribution in [0.2, 0.25) is 0 Å². The third-order valence-corrected chi connectivity index (χ3v) is 5.26. The second-order valence-electron chi connectivity index (χ2n) is 7.68. The monoisotopic (exact) mass is 376 g/mol. The normalized spacial score (nSPS) is 15.2. The Morgan fingerprint density at radius 3 is 2.14 bits per heavy atom. The maximum absolute atomic E-state index is 12.5. The van der Waals surface area contributed by atoms with Crippen LogP contribution in [-0.2, 0) is 11.3 Å². The number of rotatable bonds is 5. The van der Waals surface area contributed by atoms with E-state index in [0.29, 0.717) is 12.1 Å². The quantitative estimate of drug-likeness (QED) is 0.870. The molecule has 3 rings (SSSR count). The molecule has 2 aromatic carbocycles. The van der Waals surface area contributed by atoms with E-state index in [0.717, 1.165) is 49.5 Å². The van der Waals surface area contributed by atoms with Gasteiger partial charge in [0.2, 0.25) is 5.91 Å². The topological polar surface area (TPSA) is 59.4 Å². The summed E-state index contributed by atoms with van der Waals surface area (Å²) in [7, 11) is 0. The number of nitrogens with one attached hydrogen (secondary N) is 1. The Morgan fingerprint density at radius 1 is 1.00 bits per heavy atom. The number of hydrogen-bond donors (Lipinski definition) is 1.